The van der Waals surface area contributed by atoms with Crippen molar-refractivity contribution in [2.45, 2.75) is 84.2 Å². The first kappa shape index (κ1) is 22.9. The Hall–Kier alpha value is -1.40. The molecule has 158 valence electrons. The Morgan fingerprint density at radius 3 is 2.32 bits per heavy atom. The van der Waals surface area contributed by atoms with Gasteiger partial charge >= 0.3 is 5.97 Å². The van der Waals surface area contributed by atoms with Gasteiger partial charge in [-0.15, -0.1) is 0 Å². The van der Waals surface area contributed by atoms with Crippen molar-refractivity contribution in [2.24, 2.45) is 11.8 Å². The largest absolute Gasteiger partial charge is 0.488 e. The van der Waals surface area contributed by atoms with E-state index in [0.717, 1.165) is 12.0 Å². The van der Waals surface area contributed by atoms with E-state index in [1.54, 1.807) is 6.92 Å². The molecule has 6 heteroatoms. The topological polar surface area (TPSA) is 61.8 Å². The second-order valence-corrected chi connectivity index (χ2v) is 14.8. The van der Waals surface area contributed by atoms with E-state index in [-0.39, 0.29) is 28.4 Å². The number of ketones is 1. The molecule has 0 spiro atoms. The fourth-order valence-corrected chi connectivity index (χ4v) is 5.41. The molecule has 1 aliphatic heterocycles. The zero-order valence-electron chi connectivity index (χ0n) is 18.9. The Labute approximate surface area is 170 Å². The minimum absolute atomic E-state index is 0.0263. The fraction of sp³-hybridized carbons (Fsp3) is 0.727. The summed E-state index contributed by atoms with van der Waals surface area (Å²) in [7, 11) is -0.816. The first-order chi connectivity index (χ1) is 12.7. The van der Waals surface area contributed by atoms with Crippen LogP contribution in [0.15, 0.2) is 23.5 Å². The van der Waals surface area contributed by atoms with Gasteiger partial charge in [-0.2, -0.15) is 0 Å². The standard InChI is InChI=1S/C22H36O5Si/c1-13(2)15-11-16-19(23)18(20(24)25-8)14(3)26-22(16,7)17(12-15)27-28(9,10)21(4,5)6/h15-17H,1,11-12H2,2-10H3/t15-,16-,17?,22-/m0/s1. The Kier molecular flexibility index (Phi) is 6.09. The molecule has 0 aromatic carbocycles. The summed E-state index contributed by atoms with van der Waals surface area (Å²) in [6, 6.07) is 0. The first-order valence-electron chi connectivity index (χ1n) is 10.0. The van der Waals surface area contributed by atoms with Gasteiger partial charge in [0.15, 0.2) is 14.1 Å². The molecule has 0 amide bonds. The number of esters is 1. The summed E-state index contributed by atoms with van der Waals surface area (Å²) in [5.74, 6) is -0.821. The van der Waals surface area contributed by atoms with E-state index in [2.05, 4.69) is 40.4 Å². The minimum Gasteiger partial charge on any atom is -0.488 e. The number of ether oxygens (including phenoxy) is 2. The lowest BCUT2D eigenvalue weighted by Crippen LogP contribution is -2.62. The van der Waals surface area contributed by atoms with Crippen molar-refractivity contribution in [3.63, 3.8) is 0 Å². The lowest BCUT2D eigenvalue weighted by molar-refractivity contribution is -0.168. The lowest BCUT2D eigenvalue weighted by atomic mass is 9.64. The van der Waals surface area contributed by atoms with E-state index >= 15 is 0 Å². The molecule has 1 heterocycles. The summed E-state index contributed by atoms with van der Waals surface area (Å²) in [4.78, 5) is 25.5. The molecule has 0 aromatic rings. The quantitative estimate of drug-likeness (QED) is 0.290. The smallest absolute Gasteiger partial charge is 0.344 e. The molecule has 1 aliphatic carbocycles. The van der Waals surface area contributed by atoms with Crippen LogP contribution >= 0.6 is 0 Å². The van der Waals surface area contributed by atoms with Crippen LogP contribution in [0.3, 0.4) is 0 Å². The molecule has 0 aromatic heterocycles. The van der Waals surface area contributed by atoms with Gasteiger partial charge in [0.25, 0.3) is 0 Å². The van der Waals surface area contributed by atoms with E-state index in [0.29, 0.717) is 12.2 Å². The van der Waals surface area contributed by atoms with Gasteiger partial charge in [0.1, 0.15) is 16.9 Å². The lowest BCUT2D eigenvalue weighted by Gasteiger charge is -2.53. The second-order valence-electron chi connectivity index (χ2n) is 10.0. The highest BCUT2D eigenvalue weighted by atomic mass is 28.4. The number of allylic oxidation sites excluding steroid dienone is 2. The third kappa shape index (κ3) is 3.86. The number of Topliss-reactive ketones (excluding diaryl/α,β-unsaturated/α-hetero) is 1. The van der Waals surface area contributed by atoms with Crippen LogP contribution < -0.4 is 0 Å². The van der Waals surface area contributed by atoms with Crippen LogP contribution in [0.25, 0.3) is 0 Å². The Morgan fingerprint density at radius 2 is 1.86 bits per heavy atom. The third-order valence-electron chi connectivity index (χ3n) is 6.97. The molecule has 4 atom stereocenters. The Bertz CT molecular complexity index is 715. The molecule has 0 saturated heterocycles. The molecule has 1 unspecified atom stereocenters. The monoisotopic (exact) mass is 408 g/mol. The Balaban J connectivity index is 2.52. The number of carbonyl (C=O) groups excluding carboxylic acids is 2. The molecule has 0 radical (unpaired) electrons. The first-order valence-corrected chi connectivity index (χ1v) is 12.9. The van der Waals surface area contributed by atoms with Gasteiger partial charge in [0.05, 0.1) is 19.1 Å². The minimum atomic E-state index is -2.10. The van der Waals surface area contributed by atoms with Gasteiger partial charge in [-0.25, -0.2) is 4.79 Å². The molecule has 5 nitrogen and oxygen atoms in total. The summed E-state index contributed by atoms with van der Waals surface area (Å²) in [6.45, 7) is 20.8. The average Bonchev–Trinajstić information content (AvgIpc) is 2.54. The van der Waals surface area contributed by atoms with Crippen LogP contribution in [0.2, 0.25) is 18.1 Å². The molecule has 28 heavy (non-hydrogen) atoms. The predicted octanol–water partition coefficient (Wildman–Crippen LogP) is 4.78. The van der Waals surface area contributed by atoms with E-state index in [1.165, 1.54) is 7.11 Å². The maximum Gasteiger partial charge on any atom is 0.344 e. The van der Waals surface area contributed by atoms with Gasteiger partial charge < -0.3 is 13.9 Å². The number of carbonyl (C=O) groups is 2. The van der Waals surface area contributed by atoms with Crippen molar-refractivity contribution in [2.75, 3.05) is 7.11 Å². The van der Waals surface area contributed by atoms with Crippen LogP contribution in [0.4, 0.5) is 0 Å². The van der Waals surface area contributed by atoms with Gasteiger partial charge in [0.2, 0.25) is 0 Å². The average molecular weight is 409 g/mol. The number of hydrogen-bond donors (Lipinski definition) is 0. The molecule has 1 fully saturated rings. The molecular weight excluding hydrogens is 372 g/mol. The van der Waals surface area contributed by atoms with Crippen molar-refractivity contribution in [3.05, 3.63) is 23.5 Å². The highest BCUT2D eigenvalue weighted by molar-refractivity contribution is 6.74. The number of rotatable bonds is 4. The van der Waals surface area contributed by atoms with Gasteiger partial charge in [0, 0.05) is 0 Å². The number of fused-ring (bicyclic) bond motifs is 1. The van der Waals surface area contributed by atoms with E-state index < -0.39 is 25.8 Å². The van der Waals surface area contributed by atoms with Gasteiger partial charge in [-0.05, 0) is 57.7 Å². The third-order valence-corrected chi connectivity index (χ3v) is 11.5. The summed E-state index contributed by atoms with van der Waals surface area (Å²) in [6.07, 6.45) is 1.13. The molecule has 2 rings (SSSR count). The van der Waals surface area contributed by atoms with Crippen molar-refractivity contribution in [1.82, 2.24) is 0 Å². The van der Waals surface area contributed by atoms with Crippen molar-refractivity contribution in [1.29, 1.82) is 0 Å². The van der Waals surface area contributed by atoms with Crippen molar-refractivity contribution in [3.8, 4) is 0 Å². The summed E-state index contributed by atoms with van der Waals surface area (Å²) >= 11 is 0. The maximum atomic E-state index is 13.3. The summed E-state index contributed by atoms with van der Waals surface area (Å²) in [5, 5.41) is 0.0375. The normalized spacial score (nSPS) is 31.2. The Morgan fingerprint density at radius 1 is 1.29 bits per heavy atom. The highest BCUT2D eigenvalue weighted by Crippen LogP contribution is 2.50. The van der Waals surface area contributed by atoms with Crippen LogP contribution in [-0.2, 0) is 23.5 Å². The van der Waals surface area contributed by atoms with Crippen LogP contribution in [0.5, 0.6) is 0 Å². The SMILES string of the molecule is C=C(C)[C@@H]1CC(O[Si](C)(C)C(C)(C)C)[C@@]2(C)OC(C)=C(C(=O)OC)C(=O)[C@@H]2C1. The van der Waals surface area contributed by atoms with Crippen LogP contribution in [-0.4, -0.2) is 38.9 Å². The second kappa shape index (κ2) is 7.45. The molecule has 1 saturated carbocycles. The summed E-state index contributed by atoms with van der Waals surface area (Å²) < 4.78 is 17.9. The van der Waals surface area contributed by atoms with E-state index in [4.69, 9.17) is 13.9 Å². The van der Waals surface area contributed by atoms with Crippen molar-refractivity contribution < 1.29 is 23.5 Å². The van der Waals surface area contributed by atoms with E-state index in [1.807, 2.05) is 13.8 Å². The fourth-order valence-electron chi connectivity index (χ4n) is 4.01. The van der Waals surface area contributed by atoms with Crippen LogP contribution in [0, 0.1) is 11.8 Å². The number of methoxy groups -OCH3 is 1. The van der Waals surface area contributed by atoms with Gasteiger partial charge in [-0.3, -0.25) is 4.79 Å². The van der Waals surface area contributed by atoms with Gasteiger partial charge in [-0.1, -0.05) is 32.9 Å². The van der Waals surface area contributed by atoms with E-state index in [9.17, 15) is 9.59 Å². The molecular formula is C22H36O5Si. The van der Waals surface area contributed by atoms with Crippen LogP contribution in [0.1, 0.15) is 54.4 Å². The zero-order chi connectivity index (χ0) is 21.7. The highest BCUT2D eigenvalue weighted by Gasteiger charge is 2.58. The van der Waals surface area contributed by atoms with Crippen molar-refractivity contribution >= 4 is 20.1 Å². The molecule has 2 aliphatic rings. The number of hydrogen-bond acceptors (Lipinski definition) is 5. The molecule has 0 N–H and O–H groups in total. The predicted molar refractivity (Wildman–Crippen MR) is 112 cm³/mol. The maximum absolute atomic E-state index is 13.3. The summed E-state index contributed by atoms with van der Waals surface area (Å²) in [5.41, 5.74) is 0.253. The zero-order valence-corrected chi connectivity index (χ0v) is 19.9. The molecule has 0 bridgehead atoms.